The molecule has 0 bridgehead atoms. The van der Waals surface area contributed by atoms with Gasteiger partial charge < -0.3 is 5.11 Å². The van der Waals surface area contributed by atoms with Gasteiger partial charge in [-0.1, -0.05) is 48.5 Å². The zero-order chi connectivity index (χ0) is 15.7. The zero-order valence-corrected chi connectivity index (χ0v) is 12.4. The van der Waals surface area contributed by atoms with Crippen molar-refractivity contribution in [3.63, 3.8) is 0 Å². The molecule has 2 aromatic carbocycles. The van der Waals surface area contributed by atoms with Crippen LogP contribution in [0.4, 0.5) is 0 Å². The Bertz CT molecular complexity index is 836. The standard InChI is InChI=1S/C18H16N2O2/c1-12-8-6-7-11-15(12)20-17(14-9-4-3-5-10-14)18(22)16(19-20)13(2)21/h3-11,22H,1-2H3. The van der Waals surface area contributed by atoms with Gasteiger partial charge >= 0.3 is 0 Å². The minimum absolute atomic E-state index is 0.0815. The number of carbonyl (C=O) groups is 1. The van der Waals surface area contributed by atoms with Gasteiger partial charge in [0.15, 0.2) is 17.2 Å². The molecule has 0 atom stereocenters. The molecule has 1 N–H and O–H groups in total. The van der Waals surface area contributed by atoms with Crippen LogP contribution < -0.4 is 0 Å². The molecule has 4 nitrogen and oxygen atoms in total. The third-order valence-electron chi connectivity index (χ3n) is 3.58. The van der Waals surface area contributed by atoms with Crippen LogP contribution >= 0.6 is 0 Å². The second kappa shape index (κ2) is 5.48. The summed E-state index contributed by atoms with van der Waals surface area (Å²) in [7, 11) is 0. The summed E-state index contributed by atoms with van der Waals surface area (Å²) < 4.78 is 1.64. The van der Waals surface area contributed by atoms with E-state index in [1.54, 1.807) is 4.68 Å². The quantitative estimate of drug-likeness (QED) is 0.748. The Hall–Kier alpha value is -2.88. The highest BCUT2D eigenvalue weighted by atomic mass is 16.3. The predicted octanol–water partition coefficient (Wildman–Crippen LogP) is 3.76. The van der Waals surface area contributed by atoms with Gasteiger partial charge in [-0.05, 0) is 18.6 Å². The molecule has 0 radical (unpaired) electrons. The second-order valence-corrected chi connectivity index (χ2v) is 5.17. The first kappa shape index (κ1) is 14.1. The molecule has 3 aromatic rings. The van der Waals surface area contributed by atoms with Crippen molar-refractivity contribution >= 4 is 5.78 Å². The van der Waals surface area contributed by atoms with E-state index in [1.165, 1.54) is 6.92 Å². The number of para-hydroxylation sites is 1. The van der Waals surface area contributed by atoms with E-state index >= 15 is 0 Å². The summed E-state index contributed by atoms with van der Waals surface area (Å²) in [6.07, 6.45) is 0. The van der Waals surface area contributed by atoms with Crippen molar-refractivity contribution in [3.8, 4) is 22.7 Å². The molecule has 4 heteroatoms. The van der Waals surface area contributed by atoms with Crippen LogP contribution in [0, 0.1) is 6.92 Å². The van der Waals surface area contributed by atoms with Gasteiger partial charge in [0, 0.05) is 12.5 Å². The molecule has 0 amide bonds. The Morgan fingerprint density at radius 1 is 1.05 bits per heavy atom. The molecule has 110 valence electrons. The molecular formula is C18H16N2O2. The van der Waals surface area contributed by atoms with Gasteiger partial charge in [0.1, 0.15) is 5.69 Å². The van der Waals surface area contributed by atoms with Gasteiger partial charge in [0.25, 0.3) is 0 Å². The van der Waals surface area contributed by atoms with E-state index < -0.39 is 0 Å². The molecule has 0 aliphatic rings. The Kier molecular flexibility index (Phi) is 3.51. The summed E-state index contributed by atoms with van der Waals surface area (Å²) in [5.74, 6) is -0.344. The van der Waals surface area contributed by atoms with Crippen LogP contribution in [0.5, 0.6) is 5.75 Å². The molecular weight excluding hydrogens is 276 g/mol. The van der Waals surface area contributed by atoms with Gasteiger partial charge in [-0.2, -0.15) is 5.10 Å². The minimum Gasteiger partial charge on any atom is -0.504 e. The van der Waals surface area contributed by atoms with Crippen molar-refractivity contribution in [2.24, 2.45) is 0 Å². The first-order valence-corrected chi connectivity index (χ1v) is 7.04. The lowest BCUT2D eigenvalue weighted by Crippen LogP contribution is -2.02. The molecule has 3 rings (SSSR count). The van der Waals surface area contributed by atoms with Crippen LogP contribution in [-0.4, -0.2) is 20.7 Å². The van der Waals surface area contributed by atoms with Crippen molar-refractivity contribution in [2.45, 2.75) is 13.8 Å². The summed E-state index contributed by atoms with van der Waals surface area (Å²) in [5.41, 5.74) is 3.27. The maximum atomic E-state index is 11.7. The number of benzene rings is 2. The molecule has 0 unspecified atom stereocenters. The molecule has 1 aromatic heterocycles. The molecule has 22 heavy (non-hydrogen) atoms. The van der Waals surface area contributed by atoms with Crippen molar-refractivity contribution in [1.29, 1.82) is 0 Å². The molecule has 1 heterocycles. The lowest BCUT2D eigenvalue weighted by Gasteiger charge is -2.10. The van der Waals surface area contributed by atoms with Crippen molar-refractivity contribution in [2.75, 3.05) is 0 Å². The fraction of sp³-hybridized carbons (Fsp3) is 0.111. The Labute approximate surface area is 128 Å². The summed E-state index contributed by atoms with van der Waals surface area (Å²) in [5, 5.41) is 14.8. The number of aromatic hydroxyl groups is 1. The monoisotopic (exact) mass is 292 g/mol. The van der Waals surface area contributed by atoms with Gasteiger partial charge in [-0.15, -0.1) is 0 Å². The van der Waals surface area contributed by atoms with Crippen LogP contribution in [-0.2, 0) is 0 Å². The number of rotatable bonds is 3. The van der Waals surface area contributed by atoms with Gasteiger partial charge in [-0.3, -0.25) is 4.79 Å². The highest BCUT2D eigenvalue weighted by molar-refractivity contribution is 5.97. The average molecular weight is 292 g/mol. The molecule has 0 aliphatic carbocycles. The van der Waals surface area contributed by atoms with Gasteiger partial charge in [-0.25, -0.2) is 4.68 Å². The smallest absolute Gasteiger partial charge is 0.183 e. The van der Waals surface area contributed by atoms with E-state index in [9.17, 15) is 9.90 Å². The normalized spacial score (nSPS) is 10.6. The van der Waals surface area contributed by atoms with Crippen LogP contribution in [0.3, 0.4) is 0 Å². The van der Waals surface area contributed by atoms with E-state index in [-0.39, 0.29) is 17.2 Å². The molecule has 0 fully saturated rings. The van der Waals surface area contributed by atoms with E-state index in [0.29, 0.717) is 5.69 Å². The first-order chi connectivity index (χ1) is 10.6. The second-order valence-electron chi connectivity index (χ2n) is 5.17. The number of ketones is 1. The molecule has 0 saturated heterocycles. The summed E-state index contributed by atoms with van der Waals surface area (Å²) in [6.45, 7) is 3.37. The largest absolute Gasteiger partial charge is 0.504 e. The van der Waals surface area contributed by atoms with Gasteiger partial charge in [0.2, 0.25) is 0 Å². The maximum Gasteiger partial charge on any atom is 0.183 e. The van der Waals surface area contributed by atoms with Crippen molar-refractivity contribution in [3.05, 3.63) is 65.9 Å². The fourth-order valence-electron chi connectivity index (χ4n) is 2.48. The third kappa shape index (κ3) is 2.29. The number of Topliss-reactive ketones (excluding diaryl/α,β-unsaturated/α-hetero) is 1. The number of hydrogen-bond donors (Lipinski definition) is 1. The molecule has 0 aliphatic heterocycles. The fourth-order valence-corrected chi connectivity index (χ4v) is 2.48. The van der Waals surface area contributed by atoms with Crippen LogP contribution in [0.25, 0.3) is 16.9 Å². The summed E-state index contributed by atoms with van der Waals surface area (Å²) >= 11 is 0. The Morgan fingerprint density at radius 2 is 1.68 bits per heavy atom. The SMILES string of the molecule is CC(=O)c1nn(-c2ccccc2C)c(-c2ccccc2)c1O. The van der Waals surface area contributed by atoms with Crippen molar-refractivity contribution in [1.82, 2.24) is 9.78 Å². The number of aromatic nitrogens is 2. The Balaban J connectivity index is 2.33. The van der Waals surface area contributed by atoms with Gasteiger partial charge in [0.05, 0.1) is 5.69 Å². The lowest BCUT2D eigenvalue weighted by atomic mass is 10.1. The zero-order valence-electron chi connectivity index (χ0n) is 12.4. The maximum absolute atomic E-state index is 11.7. The number of hydrogen-bond acceptors (Lipinski definition) is 3. The van der Waals surface area contributed by atoms with Crippen LogP contribution in [0.1, 0.15) is 23.0 Å². The third-order valence-corrected chi connectivity index (χ3v) is 3.58. The number of carbonyl (C=O) groups excluding carboxylic acids is 1. The predicted molar refractivity (Wildman–Crippen MR) is 85.4 cm³/mol. The summed E-state index contributed by atoms with van der Waals surface area (Å²) in [6, 6.07) is 17.2. The summed E-state index contributed by atoms with van der Waals surface area (Å²) in [4.78, 5) is 11.7. The topological polar surface area (TPSA) is 55.1 Å². The highest BCUT2D eigenvalue weighted by Gasteiger charge is 2.22. The molecule has 0 spiro atoms. The minimum atomic E-state index is -0.262. The van der Waals surface area contributed by atoms with E-state index in [0.717, 1.165) is 16.8 Å². The lowest BCUT2D eigenvalue weighted by molar-refractivity contribution is 0.101. The van der Waals surface area contributed by atoms with E-state index in [2.05, 4.69) is 5.10 Å². The number of nitrogens with zero attached hydrogens (tertiary/aromatic N) is 2. The molecule has 0 saturated carbocycles. The average Bonchev–Trinajstić information content (AvgIpc) is 2.86. The van der Waals surface area contributed by atoms with E-state index in [1.807, 2.05) is 61.5 Å². The number of aryl methyl sites for hydroxylation is 1. The van der Waals surface area contributed by atoms with Crippen LogP contribution in [0.15, 0.2) is 54.6 Å². The van der Waals surface area contributed by atoms with Crippen LogP contribution in [0.2, 0.25) is 0 Å². The highest BCUT2D eigenvalue weighted by Crippen LogP contribution is 2.35. The van der Waals surface area contributed by atoms with Crippen molar-refractivity contribution < 1.29 is 9.90 Å². The Morgan fingerprint density at radius 3 is 2.32 bits per heavy atom. The first-order valence-electron chi connectivity index (χ1n) is 7.04. The van der Waals surface area contributed by atoms with E-state index in [4.69, 9.17) is 0 Å².